The fourth-order valence-electron chi connectivity index (χ4n) is 2.99. The van der Waals surface area contributed by atoms with Crippen LogP contribution in [0.1, 0.15) is 45.3 Å². The number of piperidine rings is 1. The molecule has 0 atom stereocenters. The van der Waals surface area contributed by atoms with E-state index >= 15 is 0 Å². The van der Waals surface area contributed by atoms with Gasteiger partial charge in [0.05, 0.1) is 19.3 Å². The van der Waals surface area contributed by atoms with Crippen molar-refractivity contribution in [2.75, 3.05) is 46.9 Å². The predicted molar refractivity (Wildman–Crippen MR) is 104 cm³/mol. The van der Waals surface area contributed by atoms with Gasteiger partial charge in [-0.05, 0) is 31.8 Å². The van der Waals surface area contributed by atoms with Gasteiger partial charge in [0.2, 0.25) is 5.89 Å². The molecule has 0 unspecified atom stereocenters. The molecule has 1 aliphatic heterocycles. The second-order valence-electron chi connectivity index (χ2n) is 7.95. The second kappa shape index (κ2) is 9.92. The van der Waals surface area contributed by atoms with Gasteiger partial charge in [-0.15, -0.1) is 0 Å². The number of aliphatic imine (C=N–C) groups is 1. The van der Waals surface area contributed by atoms with Gasteiger partial charge in [-0.3, -0.25) is 4.99 Å². The van der Waals surface area contributed by atoms with E-state index < -0.39 is 0 Å². The number of hydrogen-bond acceptors (Lipinski definition) is 5. The van der Waals surface area contributed by atoms with Crippen molar-refractivity contribution in [1.29, 1.82) is 0 Å². The van der Waals surface area contributed by atoms with Crippen LogP contribution >= 0.6 is 0 Å². The number of hydrogen-bond donors (Lipinski definition) is 2. The number of nitrogens with one attached hydrogen (secondary N) is 2. The van der Waals surface area contributed by atoms with Gasteiger partial charge < -0.3 is 24.7 Å². The van der Waals surface area contributed by atoms with Gasteiger partial charge >= 0.3 is 0 Å². The van der Waals surface area contributed by atoms with E-state index in [-0.39, 0.29) is 5.41 Å². The van der Waals surface area contributed by atoms with Crippen molar-refractivity contribution in [2.24, 2.45) is 10.9 Å². The van der Waals surface area contributed by atoms with Crippen LogP contribution in [0.5, 0.6) is 0 Å². The number of oxazole rings is 1. The van der Waals surface area contributed by atoms with Crippen molar-refractivity contribution in [2.45, 2.75) is 45.6 Å². The topological polar surface area (TPSA) is 74.9 Å². The molecule has 0 bridgehead atoms. The summed E-state index contributed by atoms with van der Waals surface area (Å²) in [5, 5.41) is 6.71. The summed E-state index contributed by atoms with van der Waals surface area (Å²) in [4.78, 5) is 11.1. The molecule has 1 aromatic rings. The van der Waals surface area contributed by atoms with Crippen molar-refractivity contribution in [3.63, 3.8) is 0 Å². The summed E-state index contributed by atoms with van der Waals surface area (Å²) in [6.45, 7) is 12.0. The Morgan fingerprint density at radius 3 is 2.65 bits per heavy atom. The molecule has 0 spiro atoms. The first-order valence-electron chi connectivity index (χ1n) is 9.53. The molecule has 2 rings (SSSR count). The van der Waals surface area contributed by atoms with Crippen LogP contribution < -0.4 is 10.6 Å². The maximum Gasteiger partial charge on any atom is 0.213 e. The first-order chi connectivity index (χ1) is 12.4. The summed E-state index contributed by atoms with van der Waals surface area (Å²) in [6.07, 6.45) is 4.23. The molecule has 2 N–H and O–H groups in total. The maximum absolute atomic E-state index is 5.81. The number of methoxy groups -OCH3 is 1. The molecule has 0 aromatic carbocycles. The molecular formula is C19H35N5O2. The van der Waals surface area contributed by atoms with Gasteiger partial charge in [-0.25, -0.2) is 4.98 Å². The highest BCUT2D eigenvalue weighted by Gasteiger charge is 2.20. The summed E-state index contributed by atoms with van der Waals surface area (Å²) in [6, 6.07) is 0. The Morgan fingerprint density at radius 1 is 1.35 bits per heavy atom. The van der Waals surface area contributed by atoms with E-state index in [9.17, 15) is 0 Å². The van der Waals surface area contributed by atoms with E-state index in [2.05, 4.69) is 46.3 Å². The highest BCUT2D eigenvalue weighted by molar-refractivity contribution is 5.79. The predicted octanol–water partition coefficient (Wildman–Crippen LogP) is 2.00. The summed E-state index contributed by atoms with van der Waals surface area (Å²) in [5.74, 6) is 3.06. The van der Waals surface area contributed by atoms with Gasteiger partial charge in [0.25, 0.3) is 0 Å². The average Bonchev–Trinajstić information content (AvgIpc) is 3.10. The van der Waals surface area contributed by atoms with Crippen molar-refractivity contribution < 1.29 is 9.15 Å². The minimum Gasteiger partial charge on any atom is -0.443 e. The third-order valence-electron chi connectivity index (χ3n) is 4.80. The van der Waals surface area contributed by atoms with Crippen molar-refractivity contribution in [3.8, 4) is 0 Å². The highest BCUT2D eigenvalue weighted by Crippen LogP contribution is 2.22. The summed E-state index contributed by atoms with van der Waals surface area (Å²) in [5.41, 5.74) is -0.0245. The summed E-state index contributed by atoms with van der Waals surface area (Å²) >= 11 is 0. The summed E-state index contributed by atoms with van der Waals surface area (Å²) in [7, 11) is 3.55. The molecule has 1 fully saturated rings. The molecule has 26 heavy (non-hydrogen) atoms. The molecule has 2 heterocycles. The van der Waals surface area contributed by atoms with Crippen molar-refractivity contribution in [1.82, 2.24) is 20.5 Å². The van der Waals surface area contributed by atoms with E-state index in [1.54, 1.807) is 14.2 Å². The SMILES string of the molecule is CN=C(NCc1ncc(C(C)(C)C)o1)NCC1CCN(CCOC)CC1. The minimum atomic E-state index is -0.0245. The summed E-state index contributed by atoms with van der Waals surface area (Å²) < 4.78 is 11.0. The van der Waals surface area contributed by atoms with Crippen LogP contribution in [0.25, 0.3) is 0 Å². The van der Waals surface area contributed by atoms with Gasteiger partial charge in [0.15, 0.2) is 5.96 Å². The Morgan fingerprint density at radius 2 is 2.08 bits per heavy atom. The monoisotopic (exact) mass is 365 g/mol. The second-order valence-corrected chi connectivity index (χ2v) is 7.95. The van der Waals surface area contributed by atoms with Gasteiger partial charge in [0, 0.05) is 32.7 Å². The lowest BCUT2D eigenvalue weighted by Crippen LogP contribution is -2.43. The maximum atomic E-state index is 5.81. The minimum absolute atomic E-state index is 0.0245. The number of nitrogens with zero attached hydrogens (tertiary/aromatic N) is 3. The zero-order valence-corrected chi connectivity index (χ0v) is 17.0. The largest absolute Gasteiger partial charge is 0.443 e. The van der Waals surface area contributed by atoms with E-state index in [0.29, 0.717) is 18.4 Å². The lowest BCUT2D eigenvalue weighted by atomic mass is 9.94. The van der Waals surface area contributed by atoms with Crippen molar-refractivity contribution >= 4 is 5.96 Å². The number of guanidine groups is 1. The molecule has 7 heteroatoms. The third kappa shape index (κ3) is 6.61. The van der Waals surface area contributed by atoms with E-state index in [0.717, 1.165) is 44.5 Å². The van der Waals surface area contributed by atoms with Crippen LogP contribution in [0.4, 0.5) is 0 Å². The van der Waals surface area contributed by atoms with Crippen LogP contribution in [0, 0.1) is 5.92 Å². The Labute approximate surface area is 157 Å². The van der Waals surface area contributed by atoms with Gasteiger partial charge in [-0.2, -0.15) is 0 Å². The number of aromatic nitrogens is 1. The average molecular weight is 366 g/mol. The zero-order valence-electron chi connectivity index (χ0n) is 17.0. The molecule has 1 saturated heterocycles. The number of likely N-dealkylation sites (tertiary alicyclic amines) is 1. The molecule has 0 aliphatic carbocycles. The Bertz CT molecular complexity index is 557. The fraction of sp³-hybridized carbons (Fsp3) is 0.789. The lowest BCUT2D eigenvalue weighted by molar-refractivity contribution is 0.121. The standard InChI is InChI=1S/C19H35N5O2/c1-19(2,3)16-13-21-17(26-16)14-23-18(20-4)22-12-15-6-8-24(9-7-15)10-11-25-5/h13,15H,6-12,14H2,1-5H3,(H2,20,22,23). The van der Waals surface area contributed by atoms with E-state index in [1.807, 2.05) is 6.20 Å². The highest BCUT2D eigenvalue weighted by atomic mass is 16.5. The van der Waals surface area contributed by atoms with Crippen LogP contribution in [-0.2, 0) is 16.7 Å². The molecule has 0 radical (unpaired) electrons. The molecule has 7 nitrogen and oxygen atoms in total. The van der Waals surface area contributed by atoms with Crippen LogP contribution in [0.3, 0.4) is 0 Å². The lowest BCUT2D eigenvalue weighted by Gasteiger charge is -2.32. The Kier molecular flexibility index (Phi) is 7.90. The van der Waals surface area contributed by atoms with Crippen LogP contribution in [-0.4, -0.2) is 62.8 Å². The molecule has 1 aliphatic rings. The van der Waals surface area contributed by atoms with Gasteiger partial charge in [0.1, 0.15) is 5.76 Å². The van der Waals surface area contributed by atoms with E-state index in [4.69, 9.17) is 9.15 Å². The Hall–Kier alpha value is -1.60. The first-order valence-corrected chi connectivity index (χ1v) is 9.53. The fourth-order valence-corrected chi connectivity index (χ4v) is 2.99. The third-order valence-corrected chi connectivity index (χ3v) is 4.80. The molecule has 1 aromatic heterocycles. The smallest absolute Gasteiger partial charge is 0.213 e. The van der Waals surface area contributed by atoms with Crippen LogP contribution in [0.15, 0.2) is 15.6 Å². The van der Waals surface area contributed by atoms with Crippen LogP contribution in [0.2, 0.25) is 0 Å². The van der Waals surface area contributed by atoms with E-state index in [1.165, 1.54) is 12.8 Å². The molecule has 0 saturated carbocycles. The number of ether oxygens (including phenoxy) is 1. The Balaban J connectivity index is 1.69. The zero-order chi connectivity index (χ0) is 19.0. The number of rotatable bonds is 7. The molecule has 0 amide bonds. The first kappa shape index (κ1) is 20.7. The molecule has 148 valence electrons. The van der Waals surface area contributed by atoms with Crippen molar-refractivity contribution in [3.05, 3.63) is 17.8 Å². The van der Waals surface area contributed by atoms with Gasteiger partial charge in [-0.1, -0.05) is 20.8 Å². The molecular weight excluding hydrogens is 330 g/mol. The normalized spacial score (nSPS) is 17.5. The quantitative estimate of drug-likeness (QED) is 0.569.